The molecule has 0 radical (unpaired) electrons. The van der Waals surface area contributed by atoms with Gasteiger partial charge in [-0.15, -0.1) is 23.1 Å². The van der Waals surface area contributed by atoms with Crippen molar-refractivity contribution in [2.45, 2.75) is 31.7 Å². The van der Waals surface area contributed by atoms with E-state index in [4.69, 9.17) is 14.2 Å². The molecule has 0 saturated carbocycles. The van der Waals surface area contributed by atoms with Gasteiger partial charge in [-0.2, -0.15) is 0 Å². The molecule has 12 nitrogen and oxygen atoms in total. The molecule has 14 heteroatoms. The maximum atomic E-state index is 13.6. The number of nitrogens with zero attached hydrogens (tertiary/aromatic N) is 1. The number of carbonyl (C=O) groups is 5. The van der Waals surface area contributed by atoms with Crippen molar-refractivity contribution < 1.29 is 38.2 Å². The summed E-state index contributed by atoms with van der Waals surface area (Å²) >= 11 is 2.52. The zero-order chi connectivity index (χ0) is 37.2. The predicted molar refractivity (Wildman–Crippen MR) is 201 cm³/mol. The number of carbonyl (C=O) groups excluding carboxylic acids is 5. The number of esters is 1. The molecule has 4 aromatic rings. The first-order chi connectivity index (χ1) is 25.1. The quantitative estimate of drug-likeness (QED) is 0.0853. The van der Waals surface area contributed by atoms with E-state index in [0.717, 1.165) is 10.4 Å². The highest BCUT2D eigenvalue weighted by Crippen LogP contribution is 2.38. The van der Waals surface area contributed by atoms with E-state index in [1.54, 1.807) is 84.6 Å². The Balaban J connectivity index is 1.29. The highest BCUT2D eigenvalue weighted by atomic mass is 32.2. The topological polar surface area (TPSA) is 152 Å². The highest BCUT2D eigenvalue weighted by molar-refractivity contribution is 8.00. The fourth-order valence-electron chi connectivity index (χ4n) is 5.40. The lowest BCUT2D eigenvalue weighted by Crippen LogP contribution is -2.34. The van der Waals surface area contributed by atoms with E-state index in [1.165, 1.54) is 50.3 Å². The lowest BCUT2D eigenvalue weighted by molar-refractivity contribution is -0.129. The van der Waals surface area contributed by atoms with Gasteiger partial charge in [-0.1, -0.05) is 30.3 Å². The van der Waals surface area contributed by atoms with Crippen LogP contribution in [-0.2, 0) is 32.1 Å². The normalized spacial score (nSPS) is 12.3. The Morgan fingerprint density at radius 2 is 1.69 bits per heavy atom. The van der Waals surface area contributed by atoms with Crippen molar-refractivity contribution in [3.63, 3.8) is 0 Å². The summed E-state index contributed by atoms with van der Waals surface area (Å²) in [4.78, 5) is 68.0. The van der Waals surface area contributed by atoms with Crippen LogP contribution in [-0.4, -0.2) is 67.6 Å². The Labute approximate surface area is 309 Å². The van der Waals surface area contributed by atoms with Gasteiger partial charge in [0.2, 0.25) is 11.8 Å². The number of amides is 4. The first-order valence-electron chi connectivity index (χ1n) is 16.3. The van der Waals surface area contributed by atoms with Crippen LogP contribution in [0.1, 0.15) is 50.6 Å². The first-order valence-corrected chi connectivity index (χ1v) is 18.1. The van der Waals surface area contributed by atoms with Gasteiger partial charge in [0.05, 0.1) is 38.7 Å². The molecule has 0 unspecified atom stereocenters. The minimum Gasteiger partial charge on any atom is -0.493 e. The van der Waals surface area contributed by atoms with Crippen molar-refractivity contribution in [1.29, 1.82) is 0 Å². The molecule has 0 spiro atoms. The summed E-state index contributed by atoms with van der Waals surface area (Å²) in [7, 11) is 3.03. The molecule has 3 N–H and O–H groups in total. The van der Waals surface area contributed by atoms with Crippen LogP contribution in [0.25, 0.3) is 6.08 Å². The second-order valence-corrected chi connectivity index (χ2v) is 13.6. The van der Waals surface area contributed by atoms with Crippen LogP contribution in [0.5, 0.6) is 11.5 Å². The van der Waals surface area contributed by atoms with Gasteiger partial charge >= 0.3 is 5.97 Å². The number of benzene rings is 3. The molecule has 0 fully saturated rings. The number of hydrogen-bond acceptors (Lipinski definition) is 10. The molecule has 2 heterocycles. The second-order valence-electron chi connectivity index (χ2n) is 11.4. The third kappa shape index (κ3) is 9.38. The van der Waals surface area contributed by atoms with Gasteiger partial charge in [0.25, 0.3) is 11.8 Å². The zero-order valence-corrected chi connectivity index (χ0v) is 30.7. The largest absolute Gasteiger partial charge is 0.493 e. The average molecular weight is 743 g/mol. The van der Waals surface area contributed by atoms with Gasteiger partial charge in [-0.3, -0.25) is 19.2 Å². The maximum Gasteiger partial charge on any atom is 0.341 e. The van der Waals surface area contributed by atoms with E-state index < -0.39 is 17.8 Å². The highest BCUT2D eigenvalue weighted by Gasteiger charge is 2.30. The third-order valence-corrected chi connectivity index (χ3v) is 10.1. The predicted octanol–water partition coefficient (Wildman–Crippen LogP) is 5.99. The van der Waals surface area contributed by atoms with E-state index in [1.807, 2.05) is 0 Å². The zero-order valence-electron chi connectivity index (χ0n) is 29.1. The number of hydrogen-bond donors (Lipinski definition) is 3. The van der Waals surface area contributed by atoms with Crippen LogP contribution in [0, 0.1) is 0 Å². The summed E-state index contributed by atoms with van der Waals surface area (Å²) < 4.78 is 16.0. The summed E-state index contributed by atoms with van der Waals surface area (Å²) in [6.45, 7) is 4.26. The Morgan fingerprint density at radius 1 is 0.923 bits per heavy atom. The fraction of sp³-hybridized carbons (Fsp3) is 0.237. The standard InChI is InChI=1S/C38H38N4O8S2/c1-5-50-38(47)34-28-16-17-42(23(2)43)21-32(28)52-37(34)41-33(44)22-51-27-13-9-12-26(20-27)39-36(46)29(40-35(45)25-10-7-6-8-11-25)18-24-14-15-30(48-3)31(19-24)49-4/h6-15,18-20H,5,16-17,21-22H2,1-4H3,(H,39,46)(H,40,45)(H,41,44)/b29-18+. The Kier molecular flexibility index (Phi) is 12.7. The Morgan fingerprint density at radius 3 is 2.40 bits per heavy atom. The Hall–Kier alpha value is -5.60. The molecule has 1 aromatic heterocycles. The molecular weight excluding hydrogens is 705 g/mol. The molecule has 52 heavy (non-hydrogen) atoms. The SMILES string of the molecule is CCOC(=O)c1c(NC(=O)CSc2cccc(NC(=O)/C(=C\c3ccc(OC)c(OC)c3)NC(=O)c3ccccc3)c2)sc2c1CCN(C(C)=O)C2. The monoisotopic (exact) mass is 742 g/mol. The molecule has 270 valence electrons. The van der Waals surface area contributed by atoms with Crippen molar-refractivity contribution in [2.24, 2.45) is 0 Å². The van der Waals surface area contributed by atoms with Crippen LogP contribution in [0.3, 0.4) is 0 Å². The van der Waals surface area contributed by atoms with Crippen molar-refractivity contribution in [3.8, 4) is 11.5 Å². The lowest BCUT2D eigenvalue weighted by atomic mass is 10.0. The van der Waals surface area contributed by atoms with Crippen LogP contribution in [0.4, 0.5) is 10.7 Å². The summed E-state index contributed by atoms with van der Waals surface area (Å²) in [5.74, 6) is -0.967. The van der Waals surface area contributed by atoms with Gasteiger partial charge < -0.3 is 35.1 Å². The molecular formula is C38H38N4O8S2. The van der Waals surface area contributed by atoms with Crippen molar-refractivity contribution in [1.82, 2.24) is 10.2 Å². The van der Waals surface area contributed by atoms with Gasteiger partial charge in [0.15, 0.2) is 11.5 Å². The number of thioether (sulfide) groups is 1. The number of nitrogens with one attached hydrogen (secondary N) is 3. The van der Waals surface area contributed by atoms with E-state index in [2.05, 4.69) is 16.0 Å². The average Bonchev–Trinajstić information content (AvgIpc) is 3.51. The van der Waals surface area contributed by atoms with E-state index in [9.17, 15) is 24.0 Å². The number of rotatable bonds is 13. The van der Waals surface area contributed by atoms with Gasteiger partial charge in [-0.05, 0) is 73.0 Å². The van der Waals surface area contributed by atoms with Gasteiger partial charge in [-0.25, -0.2) is 4.79 Å². The minimum absolute atomic E-state index is 0.0130. The molecule has 3 aromatic carbocycles. The molecule has 0 atom stereocenters. The summed E-state index contributed by atoms with van der Waals surface area (Å²) in [6.07, 6.45) is 2.02. The number of methoxy groups -OCH3 is 2. The Bertz CT molecular complexity index is 2010. The minimum atomic E-state index is -0.574. The van der Waals surface area contributed by atoms with Crippen LogP contribution < -0.4 is 25.4 Å². The van der Waals surface area contributed by atoms with E-state index in [-0.39, 0.29) is 29.9 Å². The summed E-state index contributed by atoms with van der Waals surface area (Å²) in [5, 5.41) is 8.83. The second kappa shape index (κ2) is 17.6. The molecule has 0 aliphatic carbocycles. The van der Waals surface area contributed by atoms with Crippen LogP contribution in [0.2, 0.25) is 0 Å². The molecule has 1 aliphatic heterocycles. The molecule has 5 rings (SSSR count). The molecule has 0 saturated heterocycles. The molecule has 0 bridgehead atoms. The van der Waals surface area contributed by atoms with Crippen molar-refractivity contribution >= 4 is 69.5 Å². The number of fused-ring (bicyclic) bond motifs is 1. The van der Waals surface area contributed by atoms with Gasteiger partial charge in [0, 0.05) is 34.5 Å². The number of anilines is 2. The first kappa shape index (κ1) is 37.7. The smallest absolute Gasteiger partial charge is 0.341 e. The lowest BCUT2D eigenvalue weighted by Gasteiger charge is -2.25. The van der Waals surface area contributed by atoms with Crippen molar-refractivity contribution in [2.75, 3.05) is 43.8 Å². The van der Waals surface area contributed by atoms with E-state index >= 15 is 0 Å². The molecule has 4 amide bonds. The van der Waals surface area contributed by atoms with Crippen LogP contribution >= 0.6 is 23.1 Å². The van der Waals surface area contributed by atoms with Gasteiger partial charge in [0.1, 0.15) is 10.7 Å². The summed E-state index contributed by atoms with van der Waals surface area (Å²) in [5.41, 5.74) is 2.52. The van der Waals surface area contributed by atoms with Crippen molar-refractivity contribution in [3.05, 3.63) is 106 Å². The fourth-order valence-corrected chi connectivity index (χ4v) is 7.43. The third-order valence-electron chi connectivity index (χ3n) is 7.94. The number of thiophene rings is 1. The molecule has 1 aliphatic rings. The van der Waals surface area contributed by atoms with E-state index in [0.29, 0.717) is 63.3 Å². The maximum absolute atomic E-state index is 13.6. The number of ether oxygens (including phenoxy) is 3. The summed E-state index contributed by atoms with van der Waals surface area (Å²) in [6, 6.07) is 20.6. The van der Waals surface area contributed by atoms with Crippen LogP contribution in [0.15, 0.2) is 83.4 Å².